The van der Waals surface area contributed by atoms with Gasteiger partial charge < -0.3 is 4.90 Å². The van der Waals surface area contributed by atoms with Crippen molar-refractivity contribution in [2.24, 2.45) is 0 Å². The number of amides is 1. The van der Waals surface area contributed by atoms with Crippen molar-refractivity contribution in [1.82, 2.24) is 4.98 Å². The molecule has 2 heterocycles. The van der Waals surface area contributed by atoms with Gasteiger partial charge in [0.25, 0.3) is 0 Å². The van der Waals surface area contributed by atoms with Crippen molar-refractivity contribution in [2.45, 2.75) is 20.3 Å². The van der Waals surface area contributed by atoms with Crippen molar-refractivity contribution in [3.8, 4) is 21.8 Å². The highest BCUT2D eigenvalue weighted by Gasteiger charge is 2.23. The number of thiazole rings is 1. The first-order valence-electron chi connectivity index (χ1n) is 8.17. The van der Waals surface area contributed by atoms with E-state index in [0.29, 0.717) is 0 Å². The number of anilines is 1. The van der Waals surface area contributed by atoms with Crippen LogP contribution in [-0.2, 0) is 11.2 Å². The number of benzene rings is 2. The molecular weight excluding hydrogens is 335 g/mol. The predicted octanol–water partition coefficient (Wildman–Crippen LogP) is 4.83. The molecule has 25 heavy (non-hydrogen) atoms. The van der Waals surface area contributed by atoms with E-state index in [4.69, 9.17) is 4.98 Å². The van der Waals surface area contributed by atoms with Gasteiger partial charge in [0, 0.05) is 35.2 Å². The van der Waals surface area contributed by atoms with Crippen LogP contribution in [0.4, 0.5) is 10.1 Å². The molecule has 0 atom stereocenters. The third-order valence-corrected chi connectivity index (χ3v) is 5.54. The molecule has 3 aromatic rings. The fourth-order valence-electron chi connectivity index (χ4n) is 3.26. The van der Waals surface area contributed by atoms with Gasteiger partial charge >= 0.3 is 0 Å². The summed E-state index contributed by atoms with van der Waals surface area (Å²) in [4.78, 5) is 19.4. The molecule has 0 radical (unpaired) electrons. The summed E-state index contributed by atoms with van der Waals surface area (Å²) in [6.07, 6.45) is 0.872. The van der Waals surface area contributed by atoms with Crippen LogP contribution in [0.2, 0.25) is 0 Å². The lowest BCUT2D eigenvalue weighted by Crippen LogP contribution is -2.25. The Morgan fingerprint density at radius 3 is 2.60 bits per heavy atom. The molecule has 0 unspecified atom stereocenters. The normalized spacial score (nSPS) is 13.2. The van der Waals surface area contributed by atoms with Crippen LogP contribution in [0, 0.1) is 12.7 Å². The second-order valence-electron chi connectivity index (χ2n) is 6.19. The zero-order valence-corrected chi connectivity index (χ0v) is 14.9. The molecule has 1 amide bonds. The van der Waals surface area contributed by atoms with E-state index in [1.165, 1.54) is 17.7 Å². The standard InChI is InChI=1S/C20H17FN2OS/c1-12-19(22-20(25-12)14-3-6-17(21)7-4-14)16-5-8-18-15(11-16)9-10-23(18)13(2)24/h3-8,11H,9-10H2,1-2H3. The first kappa shape index (κ1) is 16.0. The Bertz CT molecular complexity index is 962. The summed E-state index contributed by atoms with van der Waals surface area (Å²) < 4.78 is 13.1. The Labute approximate surface area is 149 Å². The maximum atomic E-state index is 13.1. The lowest BCUT2D eigenvalue weighted by molar-refractivity contribution is -0.116. The molecule has 1 aromatic heterocycles. The van der Waals surface area contributed by atoms with E-state index in [9.17, 15) is 9.18 Å². The number of halogens is 1. The van der Waals surface area contributed by atoms with E-state index in [0.717, 1.165) is 45.4 Å². The molecule has 0 N–H and O–H groups in total. The van der Waals surface area contributed by atoms with Crippen LogP contribution in [0.25, 0.3) is 21.8 Å². The molecule has 0 bridgehead atoms. The summed E-state index contributed by atoms with van der Waals surface area (Å²) in [6, 6.07) is 12.6. The van der Waals surface area contributed by atoms with Crippen LogP contribution in [0.15, 0.2) is 42.5 Å². The first-order chi connectivity index (χ1) is 12.0. The highest BCUT2D eigenvalue weighted by Crippen LogP contribution is 2.36. The Morgan fingerprint density at radius 1 is 1.16 bits per heavy atom. The Morgan fingerprint density at radius 2 is 1.88 bits per heavy atom. The molecule has 0 fully saturated rings. The van der Waals surface area contributed by atoms with Crippen molar-refractivity contribution in [2.75, 3.05) is 11.4 Å². The van der Waals surface area contributed by atoms with Crippen LogP contribution in [0.3, 0.4) is 0 Å². The molecule has 4 rings (SSSR count). The maximum absolute atomic E-state index is 13.1. The summed E-state index contributed by atoms with van der Waals surface area (Å²) in [5, 5.41) is 0.887. The van der Waals surface area contributed by atoms with E-state index in [1.54, 1.807) is 30.4 Å². The number of carbonyl (C=O) groups is 1. The van der Waals surface area contributed by atoms with E-state index in [-0.39, 0.29) is 11.7 Å². The van der Waals surface area contributed by atoms with Crippen LogP contribution >= 0.6 is 11.3 Å². The maximum Gasteiger partial charge on any atom is 0.223 e. The van der Waals surface area contributed by atoms with Gasteiger partial charge in [0.1, 0.15) is 10.8 Å². The lowest BCUT2D eigenvalue weighted by Gasteiger charge is -2.14. The van der Waals surface area contributed by atoms with Crippen LogP contribution in [0.5, 0.6) is 0 Å². The average Bonchev–Trinajstić information content (AvgIpc) is 3.18. The lowest BCUT2D eigenvalue weighted by atomic mass is 10.1. The molecule has 2 aromatic carbocycles. The van der Waals surface area contributed by atoms with E-state index in [1.807, 2.05) is 17.0 Å². The van der Waals surface area contributed by atoms with Gasteiger partial charge in [-0.05, 0) is 55.3 Å². The van der Waals surface area contributed by atoms with Crippen LogP contribution in [0.1, 0.15) is 17.4 Å². The summed E-state index contributed by atoms with van der Waals surface area (Å²) in [6.45, 7) is 4.39. The third kappa shape index (κ3) is 2.85. The minimum Gasteiger partial charge on any atom is -0.312 e. The molecule has 1 aliphatic rings. The van der Waals surface area contributed by atoms with Gasteiger partial charge in [-0.1, -0.05) is 6.07 Å². The number of fused-ring (bicyclic) bond motifs is 1. The monoisotopic (exact) mass is 352 g/mol. The number of hydrogen-bond acceptors (Lipinski definition) is 3. The van der Waals surface area contributed by atoms with Crippen molar-refractivity contribution in [3.63, 3.8) is 0 Å². The average molecular weight is 352 g/mol. The summed E-state index contributed by atoms with van der Waals surface area (Å²) in [5.74, 6) is -0.166. The third-order valence-electron chi connectivity index (χ3n) is 4.52. The highest BCUT2D eigenvalue weighted by molar-refractivity contribution is 7.15. The molecule has 0 spiro atoms. The topological polar surface area (TPSA) is 33.2 Å². The van der Waals surface area contributed by atoms with E-state index < -0.39 is 0 Å². The Kier molecular flexibility index (Phi) is 3.88. The smallest absolute Gasteiger partial charge is 0.223 e. The Balaban J connectivity index is 1.71. The van der Waals surface area contributed by atoms with Crippen LogP contribution < -0.4 is 4.90 Å². The fraction of sp³-hybridized carbons (Fsp3) is 0.200. The molecule has 1 aliphatic heterocycles. The number of aromatic nitrogens is 1. The van der Waals surface area contributed by atoms with Gasteiger partial charge in [-0.15, -0.1) is 11.3 Å². The SMILES string of the molecule is CC(=O)N1CCc2cc(-c3nc(-c4ccc(F)cc4)sc3C)ccc21. The molecule has 5 heteroatoms. The molecular formula is C20H17FN2OS. The number of aryl methyl sites for hydroxylation is 1. The van der Waals surface area contributed by atoms with Gasteiger partial charge in [0.2, 0.25) is 5.91 Å². The zero-order chi connectivity index (χ0) is 17.6. The first-order valence-corrected chi connectivity index (χ1v) is 8.99. The largest absolute Gasteiger partial charge is 0.312 e. The van der Waals surface area contributed by atoms with Gasteiger partial charge in [0.15, 0.2) is 0 Å². The highest BCUT2D eigenvalue weighted by atomic mass is 32.1. The number of carbonyl (C=O) groups excluding carboxylic acids is 1. The quantitative estimate of drug-likeness (QED) is 0.661. The molecule has 126 valence electrons. The number of rotatable bonds is 2. The fourth-order valence-corrected chi connectivity index (χ4v) is 4.20. The number of hydrogen-bond donors (Lipinski definition) is 0. The zero-order valence-electron chi connectivity index (χ0n) is 14.0. The van der Waals surface area contributed by atoms with Gasteiger partial charge in [-0.3, -0.25) is 4.79 Å². The van der Waals surface area contributed by atoms with E-state index >= 15 is 0 Å². The summed E-state index contributed by atoms with van der Waals surface area (Å²) >= 11 is 1.61. The molecule has 0 saturated heterocycles. The second kappa shape index (κ2) is 6.08. The van der Waals surface area contributed by atoms with Crippen molar-refractivity contribution in [1.29, 1.82) is 0 Å². The minimum absolute atomic E-state index is 0.0786. The van der Waals surface area contributed by atoms with Crippen molar-refractivity contribution >= 4 is 22.9 Å². The molecule has 0 aliphatic carbocycles. The molecule has 3 nitrogen and oxygen atoms in total. The molecule has 0 saturated carbocycles. The predicted molar refractivity (Wildman–Crippen MR) is 99.4 cm³/mol. The van der Waals surface area contributed by atoms with Gasteiger partial charge in [0.05, 0.1) is 5.69 Å². The van der Waals surface area contributed by atoms with Gasteiger partial charge in [-0.2, -0.15) is 0 Å². The minimum atomic E-state index is -0.245. The summed E-state index contributed by atoms with van der Waals surface area (Å²) in [7, 11) is 0. The van der Waals surface area contributed by atoms with Crippen molar-refractivity contribution in [3.05, 3.63) is 58.7 Å². The van der Waals surface area contributed by atoms with Crippen LogP contribution in [-0.4, -0.2) is 17.4 Å². The summed E-state index contributed by atoms with van der Waals surface area (Å²) in [5.41, 5.74) is 5.12. The second-order valence-corrected chi connectivity index (χ2v) is 7.40. The van der Waals surface area contributed by atoms with E-state index in [2.05, 4.69) is 13.0 Å². The van der Waals surface area contributed by atoms with Crippen molar-refractivity contribution < 1.29 is 9.18 Å². The van der Waals surface area contributed by atoms with Gasteiger partial charge in [-0.25, -0.2) is 9.37 Å². The number of nitrogens with zero attached hydrogens (tertiary/aromatic N) is 2. The Hall–Kier alpha value is -2.53.